The Bertz CT molecular complexity index is 1620. The first kappa shape index (κ1) is 29.1. The van der Waals surface area contributed by atoms with E-state index >= 15 is 0 Å². The van der Waals surface area contributed by atoms with Gasteiger partial charge in [0.05, 0.1) is 17.3 Å². The van der Waals surface area contributed by atoms with Gasteiger partial charge in [-0.05, 0) is 34.1 Å². The summed E-state index contributed by atoms with van der Waals surface area (Å²) in [6.45, 7) is 7.76. The van der Waals surface area contributed by atoms with Gasteiger partial charge in [0.2, 0.25) is 0 Å². The van der Waals surface area contributed by atoms with Crippen LogP contribution in [0.15, 0.2) is 70.3 Å². The molecule has 6 rings (SSSR count). The molecule has 2 aliphatic rings. The molecule has 216 valence electrons. The first-order chi connectivity index (χ1) is 20.4. The third kappa shape index (κ3) is 5.68. The third-order valence-electron chi connectivity index (χ3n) is 6.90. The number of pyridine rings is 1. The van der Waals surface area contributed by atoms with Gasteiger partial charge in [-0.3, -0.25) is 0 Å². The molecule has 2 saturated heterocycles. The quantitative estimate of drug-likeness (QED) is 0.163. The average molecular weight is 677 g/mol. The zero-order valence-electron chi connectivity index (χ0n) is 21.7. The Morgan fingerprint density at radius 2 is 1.93 bits per heavy atom. The second-order valence-corrected chi connectivity index (χ2v) is 11.9. The van der Waals surface area contributed by atoms with E-state index in [2.05, 4.69) is 36.1 Å². The molecule has 0 amide bonds. The van der Waals surface area contributed by atoms with Crippen LogP contribution in [0.25, 0.3) is 16.1 Å². The summed E-state index contributed by atoms with van der Waals surface area (Å²) in [6, 6.07) is 12.9. The Labute approximate surface area is 257 Å². The van der Waals surface area contributed by atoms with Crippen LogP contribution in [-0.2, 0) is 18.9 Å². The van der Waals surface area contributed by atoms with Crippen LogP contribution in [0.2, 0.25) is 5.02 Å². The van der Waals surface area contributed by atoms with Gasteiger partial charge in [0.1, 0.15) is 58.3 Å². The summed E-state index contributed by atoms with van der Waals surface area (Å²) in [5.74, 6) is -1.60. The van der Waals surface area contributed by atoms with Gasteiger partial charge in [0.15, 0.2) is 6.29 Å². The number of hydrogen-bond donors (Lipinski definition) is 0. The summed E-state index contributed by atoms with van der Waals surface area (Å²) in [6.07, 6.45) is 0.623. The Morgan fingerprint density at radius 3 is 2.64 bits per heavy atom. The largest absolute Gasteiger partial charge is 0.375 e. The normalized spacial score (nSPS) is 25.5. The second kappa shape index (κ2) is 12.3. The standard InChI is InChI=1S/C28H21BrClF2N5O4S/c1-33-26-21(10-16(29)11-34-26)42-28-25(38-2)23(24-20(40-28)13-39-27(41-24)14-6-4-3-5-7-14)37-12-19(35-36-37)15-8-17(31)22(30)18(32)9-15/h3-12,20,23-25,27-28H,13H2,2H3/t20?,23-,24-,25?,27?,28+/m0/s1. The van der Waals surface area contributed by atoms with Crippen LogP contribution in [0.3, 0.4) is 0 Å². The molecule has 6 atom stereocenters. The fourth-order valence-corrected chi connectivity index (χ4v) is 6.81. The maximum atomic E-state index is 14.2. The molecule has 3 unspecified atom stereocenters. The van der Waals surface area contributed by atoms with Crippen LogP contribution >= 0.6 is 39.3 Å². The fourth-order valence-electron chi connectivity index (χ4n) is 4.96. The molecule has 0 aliphatic carbocycles. The van der Waals surface area contributed by atoms with Crippen LogP contribution in [0.4, 0.5) is 14.6 Å². The minimum Gasteiger partial charge on any atom is -0.375 e. The van der Waals surface area contributed by atoms with Crippen LogP contribution in [0.1, 0.15) is 17.9 Å². The van der Waals surface area contributed by atoms with Crippen molar-refractivity contribution in [2.75, 3.05) is 13.7 Å². The number of fused-ring (bicyclic) bond motifs is 1. The molecular weight excluding hydrogens is 656 g/mol. The van der Waals surface area contributed by atoms with Crippen LogP contribution in [0.5, 0.6) is 0 Å². The number of hydrogen-bond acceptors (Lipinski definition) is 8. The smallest absolute Gasteiger partial charge is 0.283 e. The van der Waals surface area contributed by atoms with E-state index in [1.165, 1.54) is 11.8 Å². The lowest BCUT2D eigenvalue weighted by atomic mass is 9.95. The number of aromatic nitrogens is 4. The molecule has 0 spiro atoms. The summed E-state index contributed by atoms with van der Waals surface area (Å²) in [5, 5.41) is 7.93. The molecule has 2 aromatic heterocycles. The molecule has 0 radical (unpaired) electrons. The van der Waals surface area contributed by atoms with Crippen molar-refractivity contribution in [3.8, 4) is 11.3 Å². The highest BCUT2D eigenvalue weighted by Crippen LogP contribution is 2.46. The molecule has 2 aromatic carbocycles. The van der Waals surface area contributed by atoms with Crippen molar-refractivity contribution in [3.63, 3.8) is 0 Å². The lowest BCUT2D eigenvalue weighted by molar-refractivity contribution is -0.308. The monoisotopic (exact) mass is 675 g/mol. The molecule has 2 aliphatic heterocycles. The van der Waals surface area contributed by atoms with E-state index in [-0.39, 0.29) is 23.7 Å². The lowest BCUT2D eigenvalue weighted by Gasteiger charge is -2.48. The molecular formula is C28H21BrClF2N5O4S. The number of benzene rings is 2. The zero-order chi connectivity index (χ0) is 29.4. The zero-order valence-corrected chi connectivity index (χ0v) is 24.9. The van der Waals surface area contributed by atoms with Crippen molar-refractivity contribution in [1.82, 2.24) is 20.0 Å². The van der Waals surface area contributed by atoms with Crippen molar-refractivity contribution < 1.29 is 27.7 Å². The van der Waals surface area contributed by atoms with E-state index in [9.17, 15) is 8.78 Å². The van der Waals surface area contributed by atoms with E-state index in [0.29, 0.717) is 9.37 Å². The van der Waals surface area contributed by atoms with E-state index in [0.717, 1.165) is 17.7 Å². The Morgan fingerprint density at radius 1 is 1.17 bits per heavy atom. The highest BCUT2D eigenvalue weighted by atomic mass is 79.9. The van der Waals surface area contributed by atoms with Gasteiger partial charge in [0, 0.05) is 23.1 Å². The van der Waals surface area contributed by atoms with Crippen molar-refractivity contribution in [2.24, 2.45) is 0 Å². The second-order valence-electron chi connectivity index (χ2n) is 9.45. The van der Waals surface area contributed by atoms with E-state index in [1.807, 2.05) is 30.3 Å². The number of thioether (sulfide) groups is 1. The summed E-state index contributed by atoms with van der Waals surface area (Å²) >= 11 is 10.4. The molecule has 0 N–H and O–H groups in total. The summed E-state index contributed by atoms with van der Waals surface area (Å²) in [7, 11) is 1.54. The molecule has 2 fully saturated rings. The van der Waals surface area contributed by atoms with Crippen molar-refractivity contribution >= 4 is 45.1 Å². The number of methoxy groups -OCH3 is 1. The molecule has 9 nitrogen and oxygen atoms in total. The lowest BCUT2D eigenvalue weighted by Crippen LogP contribution is -2.59. The topological polar surface area (TPSA) is 84.9 Å². The molecule has 14 heteroatoms. The van der Waals surface area contributed by atoms with Gasteiger partial charge in [-0.1, -0.05) is 53.7 Å². The Kier molecular flexibility index (Phi) is 8.56. The minimum atomic E-state index is -0.907. The van der Waals surface area contributed by atoms with Crippen molar-refractivity contribution in [1.29, 1.82) is 0 Å². The van der Waals surface area contributed by atoms with E-state index in [1.54, 1.807) is 30.3 Å². The predicted molar refractivity (Wildman–Crippen MR) is 153 cm³/mol. The van der Waals surface area contributed by atoms with Gasteiger partial charge in [-0.25, -0.2) is 13.5 Å². The molecule has 4 heterocycles. The van der Waals surface area contributed by atoms with E-state index < -0.39 is 52.7 Å². The van der Waals surface area contributed by atoms with Gasteiger partial charge >= 0.3 is 0 Å². The van der Waals surface area contributed by atoms with Crippen LogP contribution in [-0.4, -0.2) is 57.4 Å². The maximum absolute atomic E-state index is 14.2. The number of rotatable bonds is 6. The van der Waals surface area contributed by atoms with E-state index in [4.69, 9.17) is 37.1 Å². The van der Waals surface area contributed by atoms with Gasteiger partial charge < -0.3 is 23.8 Å². The summed E-state index contributed by atoms with van der Waals surface area (Å²) in [4.78, 5) is 8.34. The summed E-state index contributed by atoms with van der Waals surface area (Å²) < 4.78 is 55.8. The van der Waals surface area contributed by atoms with Gasteiger partial charge in [-0.2, -0.15) is 0 Å². The predicted octanol–water partition coefficient (Wildman–Crippen LogP) is 6.77. The molecule has 42 heavy (non-hydrogen) atoms. The molecule has 0 saturated carbocycles. The summed E-state index contributed by atoms with van der Waals surface area (Å²) in [5.41, 5.74) is 0.579. The first-order valence-corrected chi connectivity index (χ1v) is 14.7. The first-order valence-electron chi connectivity index (χ1n) is 12.6. The van der Waals surface area contributed by atoms with Crippen molar-refractivity contribution in [2.45, 2.75) is 41.0 Å². The molecule has 4 aromatic rings. The average Bonchev–Trinajstić information content (AvgIpc) is 3.49. The maximum Gasteiger partial charge on any atom is 0.283 e. The third-order valence-corrected chi connectivity index (χ3v) is 8.86. The number of nitrogens with zero attached hydrogens (tertiary/aromatic N) is 5. The highest BCUT2D eigenvalue weighted by molar-refractivity contribution is 9.10. The number of ether oxygens (including phenoxy) is 4. The van der Waals surface area contributed by atoms with Crippen LogP contribution in [0, 0.1) is 18.2 Å². The van der Waals surface area contributed by atoms with Crippen molar-refractivity contribution in [3.05, 3.63) is 99.0 Å². The van der Waals surface area contributed by atoms with Gasteiger partial charge in [-0.15, -0.1) is 21.8 Å². The SMILES string of the molecule is [C-]#[N+]c1ncc(Br)cc1S[C@H]1OC2COC(c3ccccc3)O[C@@H]2[C@H](n2cc(-c3cc(F)c(Cl)c(F)c3)nn2)C1OC. The fraction of sp³-hybridized carbons (Fsp3) is 0.286. The van der Waals surface area contributed by atoms with Gasteiger partial charge in [0.25, 0.3) is 5.82 Å². The highest BCUT2D eigenvalue weighted by Gasteiger charge is 2.52. The Hall–Kier alpha value is -2.96. The Balaban J connectivity index is 1.39. The number of halogens is 4. The minimum absolute atomic E-state index is 0.168. The van der Waals surface area contributed by atoms with Crippen LogP contribution < -0.4 is 0 Å². The molecule has 0 bridgehead atoms.